The van der Waals surface area contributed by atoms with Crippen molar-refractivity contribution in [3.63, 3.8) is 0 Å². The molecule has 0 saturated heterocycles. The molecular weight excluding hydrogens is 279 g/mol. The van der Waals surface area contributed by atoms with E-state index >= 15 is 0 Å². The van der Waals surface area contributed by atoms with Crippen molar-refractivity contribution in [1.82, 2.24) is 0 Å². The fourth-order valence-corrected chi connectivity index (χ4v) is 1.12. The summed E-state index contributed by atoms with van der Waals surface area (Å²) in [5, 5.41) is 0. The van der Waals surface area contributed by atoms with Crippen molar-refractivity contribution < 1.29 is 34.5 Å². The van der Waals surface area contributed by atoms with E-state index in [2.05, 4.69) is 0 Å². The van der Waals surface area contributed by atoms with E-state index in [-0.39, 0.29) is 0 Å². The maximum absolute atomic E-state index is 12.9. The summed E-state index contributed by atoms with van der Waals surface area (Å²) in [7, 11) is 0. The van der Waals surface area contributed by atoms with Gasteiger partial charge in [-0.25, -0.2) is 22.0 Å². The van der Waals surface area contributed by atoms with Crippen molar-refractivity contribution >= 4 is 17.4 Å². The number of carbonyl (C=O) groups is 1. The van der Waals surface area contributed by atoms with Crippen LogP contribution in [0.4, 0.5) is 29.7 Å². The predicted molar refractivity (Wildman–Crippen MR) is 42.6 cm³/mol. The van der Waals surface area contributed by atoms with Gasteiger partial charge in [0, 0.05) is 0 Å². The standard InChI is InChI=1S/C7F7NOS/c8-2-1(7(16)15-17(13)14)3(9)5(11)6(12)4(2)10. The molecule has 94 valence electrons. The molecule has 0 atom stereocenters. The van der Waals surface area contributed by atoms with Crippen LogP contribution in [0.25, 0.3) is 0 Å². The smallest absolute Gasteiger partial charge is 0.266 e. The van der Waals surface area contributed by atoms with Gasteiger partial charge in [0.2, 0.25) is 5.82 Å². The molecule has 0 aliphatic carbocycles. The molecule has 0 N–H and O–H groups in total. The molecule has 0 spiro atoms. The summed E-state index contributed by atoms with van der Waals surface area (Å²) in [6.07, 6.45) is 0. The zero-order chi connectivity index (χ0) is 13.3. The van der Waals surface area contributed by atoms with Gasteiger partial charge in [-0.3, -0.25) is 4.79 Å². The minimum absolute atomic E-state index is 1.90. The van der Waals surface area contributed by atoms with E-state index in [0.717, 1.165) is 0 Å². The Morgan fingerprint density at radius 1 is 0.824 bits per heavy atom. The van der Waals surface area contributed by atoms with E-state index in [1.165, 1.54) is 0 Å². The Kier molecular flexibility index (Phi) is 3.86. The van der Waals surface area contributed by atoms with Crippen molar-refractivity contribution in [3.8, 4) is 0 Å². The third-order valence-electron chi connectivity index (χ3n) is 1.58. The van der Waals surface area contributed by atoms with E-state index < -0.39 is 52.0 Å². The maximum atomic E-state index is 12.9. The minimum Gasteiger partial charge on any atom is -0.266 e. The van der Waals surface area contributed by atoms with Gasteiger partial charge in [0.05, 0.1) is 0 Å². The zero-order valence-corrected chi connectivity index (χ0v) is 8.23. The Labute approximate surface area is 91.7 Å². The molecule has 17 heavy (non-hydrogen) atoms. The number of halogens is 7. The molecule has 1 aromatic carbocycles. The number of rotatable bonds is 1. The Morgan fingerprint density at radius 3 is 1.53 bits per heavy atom. The lowest BCUT2D eigenvalue weighted by Crippen LogP contribution is -2.11. The second-order valence-electron chi connectivity index (χ2n) is 2.54. The van der Waals surface area contributed by atoms with Crippen molar-refractivity contribution in [2.75, 3.05) is 0 Å². The number of nitrogens with zero attached hydrogens (tertiary/aromatic N) is 1. The van der Waals surface area contributed by atoms with Crippen LogP contribution < -0.4 is 0 Å². The van der Waals surface area contributed by atoms with Crippen LogP contribution in [-0.4, -0.2) is 5.91 Å². The number of hydrogen-bond donors (Lipinski definition) is 0. The molecule has 1 aromatic rings. The van der Waals surface area contributed by atoms with Crippen LogP contribution >= 0.6 is 0 Å². The molecule has 0 saturated carbocycles. The highest BCUT2D eigenvalue weighted by Crippen LogP contribution is 2.23. The SMILES string of the molecule is O=C(N=S(F)F)c1c(F)c(F)c(F)c(F)c1F. The summed E-state index contributed by atoms with van der Waals surface area (Å²) in [6, 6.07) is 0. The first-order chi connectivity index (χ1) is 7.77. The van der Waals surface area contributed by atoms with E-state index in [9.17, 15) is 34.5 Å². The number of hydrogen-bond acceptors (Lipinski definition) is 1. The van der Waals surface area contributed by atoms with Crippen LogP contribution in [0.1, 0.15) is 10.4 Å². The maximum Gasteiger partial charge on any atom is 0.293 e. The fraction of sp³-hybridized carbons (Fsp3) is 0. The molecule has 0 heterocycles. The lowest BCUT2D eigenvalue weighted by atomic mass is 10.1. The highest BCUT2D eigenvalue weighted by Gasteiger charge is 2.29. The van der Waals surface area contributed by atoms with E-state index in [1.54, 1.807) is 0 Å². The van der Waals surface area contributed by atoms with Crippen LogP contribution in [0, 0.1) is 29.1 Å². The van der Waals surface area contributed by atoms with Gasteiger partial charge in [-0.15, -0.1) is 12.1 Å². The van der Waals surface area contributed by atoms with Gasteiger partial charge < -0.3 is 0 Å². The molecule has 0 aliphatic heterocycles. The van der Waals surface area contributed by atoms with Gasteiger partial charge in [-0.2, -0.15) is 0 Å². The first-order valence-corrected chi connectivity index (χ1v) is 4.60. The average molecular weight is 279 g/mol. The summed E-state index contributed by atoms with van der Waals surface area (Å²) in [5.74, 6) is -14.5. The average Bonchev–Trinajstić information content (AvgIpc) is 2.23. The Morgan fingerprint density at radius 2 is 1.18 bits per heavy atom. The monoisotopic (exact) mass is 279 g/mol. The molecule has 0 radical (unpaired) electrons. The summed E-state index contributed by atoms with van der Waals surface area (Å²) in [5.41, 5.74) is -2.01. The topological polar surface area (TPSA) is 29.4 Å². The van der Waals surface area contributed by atoms with Crippen molar-refractivity contribution in [2.45, 2.75) is 0 Å². The van der Waals surface area contributed by atoms with Gasteiger partial charge in [0.25, 0.3) is 17.4 Å². The summed E-state index contributed by atoms with van der Waals surface area (Å²) in [6.45, 7) is 0. The summed E-state index contributed by atoms with van der Waals surface area (Å²) in [4.78, 5) is 10.7. The lowest BCUT2D eigenvalue weighted by Gasteiger charge is -2.03. The van der Waals surface area contributed by atoms with Crippen molar-refractivity contribution in [3.05, 3.63) is 34.6 Å². The molecule has 0 aliphatic rings. The third-order valence-corrected chi connectivity index (χ3v) is 1.88. The normalized spacial score (nSPS) is 10.8. The molecule has 0 bridgehead atoms. The molecule has 1 amide bonds. The van der Waals surface area contributed by atoms with Gasteiger partial charge in [-0.05, 0) is 0 Å². The number of amides is 1. The second kappa shape index (κ2) is 4.82. The van der Waals surface area contributed by atoms with Crippen LogP contribution in [0.5, 0.6) is 0 Å². The van der Waals surface area contributed by atoms with Gasteiger partial charge in [0.1, 0.15) is 5.56 Å². The quantitative estimate of drug-likeness (QED) is 0.441. The van der Waals surface area contributed by atoms with E-state index in [4.69, 9.17) is 0 Å². The highest BCUT2D eigenvalue weighted by molar-refractivity contribution is 7.77. The number of benzene rings is 1. The zero-order valence-electron chi connectivity index (χ0n) is 7.41. The highest BCUT2D eigenvalue weighted by atomic mass is 32.2. The fourth-order valence-electron chi connectivity index (χ4n) is 0.901. The molecule has 1 rings (SSSR count). The van der Waals surface area contributed by atoms with Crippen molar-refractivity contribution in [2.24, 2.45) is 4.36 Å². The largest absolute Gasteiger partial charge is 0.293 e. The van der Waals surface area contributed by atoms with Crippen molar-refractivity contribution in [1.29, 1.82) is 0 Å². The Hall–Kier alpha value is -1.45. The van der Waals surface area contributed by atoms with Crippen LogP contribution in [0.2, 0.25) is 0 Å². The summed E-state index contributed by atoms with van der Waals surface area (Å²) < 4.78 is 88.5. The third kappa shape index (κ3) is 2.46. The second-order valence-corrected chi connectivity index (χ2v) is 3.11. The van der Waals surface area contributed by atoms with Crippen LogP contribution in [0.3, 0.4) is 0 Å². The van der Waals surface area contributed by atoms with Gasteiger partial charge >= 0.3 is 0 Å². The first-order valence-electron chi connectivity index (χ1n) is 3.61. The number of carbonyl (C=O) groups excluding carboxylic acids is 1. The lowest BCUT2D eigenvalue weighted by molar-refractivity contribution is 0.0993. The molecule has 0 unspecified atom stereocenters. The Balaban J connectivity index is 3.55. The Bertz CT molecular complexity index is 496. The molecule has 0 aromatic heterocycles. The molecule has 10 heteroatoms. The van der Waals surface area contributed by atoms with Gasteiger partial charge in [0.15, 0.2) is 23.3 Å². The van der Waals surface area contributed by atoms with Crippen LogP contribution in [0.15, 0.2) is 4.36 Å². The minimum atomic E-state index is -3.88. The first kappa shape index (κ1) is 13.6. The predicted octanol–water partition coefficient (Wildman–Crippen LogP) is 3.09. The molecule has 0 fully saturated rings. The van der Waals surface area contributed by atoms with E-state index in [0.29, 0.717) is 0 Å². The van der Waals surface area contributed by atoms with E-state index in [1.807, 2.05) is 4.36 Å². The summed E-state index contributed by atoms with van der Waals surface area (Å²) >= 11 is -3.88. The van der Waals surface area contributed by atoms with Gasteiger partial charge in [-0.1, -0.05) is 0 Å². The van der Waals surface area contributed by atoms with Crippen LogP contribution in [-0.2, 0) is 11.5 Å². The molecular formula is C7F7NOS. The molecule has 2 nitrogen and oxygen atoms in total.